The number of hydrogen-bond acceptors (Lipinski definition) is 4. The van der Waals surface area contributed by atoms with E-state index < -0.39 is 0 Å². The van der Waals surface area contributed by atoms with E-state index in [2.05, 4.69) is 33.4 Å². The van der Waals surface area contributed by atoms with Gasteiger partial charge in [-0.25, -0.2) is 0 Å². The first kappa shape index (κ1) is 13.9. The van der Waals surface area contributed by atoms with Gasteiger partial charge >= 0.3 is 0 Å². The second-order valence-electron chi connectivity index (χ2n) is 3.69. The quantitative estimate of drug-likeness (QED) is 0.821. The average Bonchev–Trinajstić information content (AvgIpc) is 2.82. The molecule has 0 saturated heterocycles. The Morgan fingerprint density at radius 1 is 1.44 bits per heavy atom. The van der Waals surface area contributed by atoms with Gasteiger partial charge in [0.05, 0.1) is 12.4 Å². The lowest BCUT2D eigenvalue weighted by molar-refractivity contribution is 0.413. The van der Waals surface area contributed by atoms with Crippen LogP contribution in [-0.2, 0) is 0 Å². The molecule has 2 nitrogen and oxygen atoms in total. The van der Waals surface area contributed by atoms with E-state index in [1.165, 1.54) is 9.77 Å². The molecule has 0 radical (unpaired) electrons. The molecule has 1 heterocycles. The first-order chi connectivity index (χ1) is 8.72. The molecule has 96 valence electrons. The van der Waals surface area contributed by atoms with Crippen LogP contribution in [0.15, 0.2) is 45.1 Å². The van der Waals surface area contributed by atoms with Gasteiger partial charge in [-0.3, -0.25) is 0 Å². The minimum absolute atomic E-state index is 0.286. The molecule has 0 aliphatic heterocycles. The van der Waals surface area contributed by atoms with E-state index in [0.29, 0.717) is 6.54 Å². The summed E-state index contributed by atoms with van der Waals surface area (Å²) in [6.07, 6.45) is 0. The highest BCUT2D eigenvalue weighted by Crippen LogP contribution is 2.39. The van der Waals surface area contributed by atoms with Gasteiger partial charge in [0.25, 0.3) is 0 Å². The van der Waals surface area contributed by atoms with Crippen molar-refractivity contribution in [2.45, 2.75) is 10.1 Å². The lowest BCUT2D eigenvalue weighted by Gasteiger charge is -2.13. The third kappa shape index (κ3) is 3.51. The normalized spacial score (nSPS) is 12.4. The summed E-state index contributed by atoms with van der Waals surface area (Å²) >= 11 is 6.98. The van der Waals surface area contributed by atoms with Crippen molar-refractivity contribution in [3.63, 3.8) is 0 Å². The summed E-state index contributed by atoms with van der Waals surface area (Å²) in [5, 5.41) is 2.37. The molecule has 0 fully saturated rings. The van der Waals surface area contributed by atoms with Gasteiger partial charge < -0.3 is 10.5 Å². The summed E-state index contributed by atoms with van der Waals surface area (Å²) in [6, 6.07) is 10.2. The van der Waals surface area contributed by atoms with E-state index in [-0.39, 0.29) is 5.25 Å². The molecule has 1 atom stereocenters. The zero-order valence-corrected chi connectivity index (χ0v) is 13.1. The van der Waals surface area contributed by atoms with E-state index in [9.17, 15) is 0 Å². The molecule has 2 aromatic rings. The van der Waals surface area contributed by atoms with Crippen molar-refractivity contribution < 1.29 is 4.74 Å². The molecule has 0 amide bonds. The molecule has 0 saturated carbocycles. The molecule has 18 heavy (non-hydrogen) atoms. The monoisotopic (exact) mass is 343 g/mol. The van der Waals surface area contributed by atoms with Crippen LogP contribution in [0.3, 0.4) is 0 Å². The summed E-state index contributed by atoms with van der Waals surface area (Å²) in [6.45, 7) is 0.620. The fourth-order valence-corrected chi connectivity index (χ4v) is 4.26. The molecule has 2 N–H and O–H groups in total. The predicted octanol–water partition coefficient (Wildman–Crippen LogP) is 4.31. The van der Waals surface area contributed by atoms with Crippen LogP contribution < -0.4 is 10.5 Å². The third-order valence-corrected chi connectivity index (χ3v) is 5.65. The number of rotatable bonds is 5. The highest BCUT2D eigenvalue weighted by atomic mass is 79.9. The highest BCUT2D eigenvalue weighted by Gasteiger charge is 2.13. The van der Waals surface area contributed by atoms with Crippen LogP contribution in [0.1, 0.15) is 10.1 Å². The summed E-state index contributed by atoms with van der Waals surface area (Å²) in [5.74, 6) is 0.878. The summed E-state index contributed by atoms with van der Waals surface area (Å²) in [5.41, 5.74) is 5.87. The Morgan fingerprint density at radius 3 is 2.89 bits per heavy atom. The summed E-state index contributed by atoms with van der Waals surface area (Å²) in [7, 11) is 1.68. The standard InChI is InChI=1S/C13H14BrNOS2/c1-16-10-3-2-4-11(6-10)18-13(7-15)12-5-9(14)8-17-12/h2-6,8,13H,7,15H2,1H3. The Kier molecular flexibility index (Phi) is 5.12. The fraction of sp³-hybridized carbons (Fsp3) is 0.231. The zero-order valence-electron chi connectivity index (χ0n) is 9.93. The van der Waals surface area contributed by atoms with Crippen LogP contribution in [0.5, 0.6) is 5.75 Å². The predicted molar refractivity (Wildman–Crippen MR) is 82.7 cm³/mol. The van der Waals surface area contributed by atoms with Gasteiger partial charge in [-0.15, -0.1) is 23.1 Å². The van der Waals surface area contributed by atoms with Crippen LogP contribution in [0.25, 0.3) is 0 Å². The molecule has 1 aromatic heterocycles. The maximum atomic E-state index is 5.87. The van der Waals surface area contributed by atoms with Crippen LogP contribution >= 0.6 is 39.0 Å². The third-order valence-electron chi connectivity index (χ3n) is 2.44. The fourth-order valence-electron chi connectivity index (χ4n) is 1.56. The number of thioether (sulfide) groups is 1. The molecule has 5 heteroatoms. The maximum absolute atomic E-state index is 5.87. The lowest BCUT2D eigenvalue weighted by atomic mass is 10.3. The number of nitrogens with two attached hydrogens (primary N) is 1. The lowest BCUT2D eigenvalue weighted by Crippen LogP contribution is -2.07. The van der Waals surface area contributed by atoms with Crippen molar-refractivity contribution in [2.24, 2.45) is 5.73 Å². The number of methoxy groups -OCH3 is 1. The first-order valence-corrected chi connectivity index (χ1v) is 8.03. The molecule has 0 spiro atoms. The number of halogens is 1. The Balaban J connectivity index is 2.14. The smallest absolute Gasteiger partial charge is 0.119 e. The maximum Gasteiger partial charge on any atom is 0.119 e. The number of ether oxygens (including phenoxy) is 1. The van der Waals surface area contributed by atoms with Crippen LogP contribution in [-0.4, -0.2) is 13.7 Å². The van der Waals surface area contributed by atoms with Crippen LogP contribution in [0, 0.1) is 0 Å². The van der Waals surface area contributed by atoms with Gasteiger partial charge in [0.1, 0.15) is 5.75 Å². The second-order valence-corrected chi connectivity index (χ2v) is 6.82. The minimum Gasteiger partial charge on any atom is -0.497 e. The van der Waals surface area contributed by atoms with Gasteiger partial charge in [0.15, 0.2) is 0 Å². The largest absolute Gasteiger partial charge is 0.497 e. The van der Waals surface area contributed by atoms with Gasteiger partial charge in [-0.2, -0.15) is 0 Å². The van der Waals surface area contributed by atoms with Crippen molar-refractivity contribution in [3.8, 4) is 5.75 Å². The van der Waals surface area contributed by atoms with Crippen molar-refractivity contribution >= 4 is 39.0 Å². The topological polar surface area (TPSA) is 35.2 Å². The summed E-state index contributed by atoms with van der Waals surface area (Å²) < 4.78 is 6.35. The summed E-state index contributed by atoms with van der Waals surface area (Å²) in [4.78, 5) is 2.46. The Labute approximate surface area is 124 Å². The van der Waals surface area contributed by atoms with Crippen LogP contribution in [0.4, 0.5) is 0 Å². The number of thiophene rings is 1. The Bertz CT molecular complexity index is 515. The number of benzene rings is 1. The molecular weight excluding hydrogens is 330 g/mol. The average molecular weight is 344 g/mol. The van der Waals surface area contributed by atoms with E-state index in [1.54, 1.807) is 30.2 Å². The molecule has 0 aliphatic rings. The van der Waals surface area contributed by atoms with Gasteiger partial charge in [-0.1, -0.05) is 6.07 Å². The van der Waals surface area contributed by atoms with Crippen molar-refractivity contribution in [3.05, 3.63) is 45.1 Å². The van der Waals surface area contributed by atoms with Crippen molar-refractivity contribution in [1.82, 2.24) is 0 Å². The molecule has 2 rings (SSSR count). The first-order valence-electron chi connectivity index (χ1n) is 5.47. The highest BCUT2D eigenvalue weighted by molar-refractivity contribution is 9.10. The van der Waals surface area contributed by atoms with Gasteiger partial charge in [0, 0.05) is 26.2 Å². The Hall–Kier alpha value is -0.490. The SMILES string of the molecule is COc1cccc(SC(CN)c2cc(Br)cs2)c1. The zero-order chi connectivity index (χ0) is 13.0. The van der Waals surface area contributed by atoms with Crippen LogP contribution in [0.2, 0.25) is 0 Å². The molecule has 0 bridgehead atoms. The minimum atomic E-state index is 0.286. The van der Waals surface area contributed by atoms with Crippen molar-refractivity contribution in [1.29, 1.82) is 0 Å². The molecular formula is C13H14BrNOS2. The Morgan fingerprint density at radius 2 is 2.28 bits per heavy atom. The second kappa shape index (κ2) is 6.61. The molecule has 1 unspecified atom stereocenters. The van der Waals surface area contributed by atoms with E-state index in [1.807, 2.05) is 18.2 Å². The van der Waals surface area contributed by atoms with E-state index >= 15 is 0 Å². The van der Waals surface area contributed by atoms with Gasteiger partial charge in [0.2, 0.25) is 0 Å². The number of hydrogen-bond donors (Lipinski definition) is 1. The van der Waals surface area contributed by atoms with E-state index in [0.717, 1.165) is 10.2 Å². The van der Waals surface area contributed by atoms with Gasteiger partial charge in [-0.05, 0) is 40.2 Å². The van der Waals surface area contributed by atoms with E-state index in [4.69, 9.17) is 10.5 Å². The molecule has 1 aromatic carbocycles. The molecule has 0 aliphatic carbocycles. The van der Waals surface area contributed by atoms with Crippen molar-refractivity contribution in [2.75, 3.05) is 13.7 Å².